The van der Waals surface area contributed by atoms with Crippen molar-refractivity contribution in [2.75, 3.05) is 26.2 Å². The first-order chi connectivity index (χ1) is 8.87. The van der Waals surface area contributed by atoms with Gasteiger partial charge in [0.25, 0.3) is 0 Å². The zero-order chi connectivity index (χ0) is 15.7. The first kappa shape index (κ1) is 27.7. The highest BCUT2D eigenvalue weighted by Crippen LogP contribution is 2.00. The topological polar surface area (TPSA) is 61.4 Å². The Hall–Kier alpha value is -0.580. The summed E-state index contributed by atoms with van der Waals surface area (Å²) in [6.45, 7) is 18.3. The minimum absolute atomic E-state index is 0. The van der Waals surface area contributed by atoms with Gasteiger partial charge in [0.1, 0.15) is 0 Å². The SMILES string of the molecule is CC(=CC(C)C)C(=O)O.CCNCC.CCNCC.Cl. The summed E-state index contributed by atoms with van der Waals surface area (Å²) >= 11 is 0. The molecule has 0 aromatic heterocycles. The van der Waals surface area contributed by atoms with E-state index < -0.39 is 5.97 Å². The van der Waals surface area contributed by atoms with Gasteiger partial charge in [0.15, 0.2) is 0 Å². The number of aliphatic carboxylic acids is 1. The lowest BCUT2D eigenvalue weighted by molar-refractivity contribution is -0.132. The van der Waals surface area contributed by atoms with E-state index in [4.69, 9.17) is 5.11 Å². The maximum absolute atomic E-state index is 10.2. The highest BCUT2D eigenvalue weighted by molar-refractivity contribution is 5.85. The predicted octanol–water partition coefficient (Wildman–Crippen LogP) is 3.33. The van der Waals surface area contributed by atoms with Crippen LogP contribution in [0, 0.1) is 5.92 Å². The van der Waals surface area contributed by atoms with Gasteiger partial charge in [-0.15, -0.1) is 12.4 Å². The third kappa shape index (κ3) is 36.0. The molecule has 0 amide bonds. The third-order valence-corrected chi connectivity index (χ3v) is 1.92. The molecule has 0 aliphatic heterocycles. The molecule has 0 saturated carbocycles. The molecule has 5 heteroatoms. The Balaban J connectivity index is -0.000000101. The number of carboxylic acids is 1. The van der Waals surface area contributed by atoms with Gasteiger partial charge in [-0.25, -0.2) is 4.79 Å². The predicted molar refractivity (Wildman–Crippen MR) is 91.9 cm³/mol. The van der Waals surface area contributed by atoms with Crippen LogP contribution in [0.2, 0.25) is 0 Å². The Morgan fingerprint density at radius 2 is 1.30 bits per heavy atom. The molecule has 124 valence electrons. The van der Waals surface area contributed by atoms with Crippen molar-refractivity contribution >= 4 is 18.4 Å². The molecule has 3 N–H and O–H groups in total. The van der Waals surface area contributed by atoms with E-state index in [9.17, 15) is 4.79 Å². The first-order valence-electron chi connectivity index (χ1n) is 7.20. The molecule has 0 aromatic carbocycles. The smallest absolute Gasteiger partial charge is 0.330 e. The van der Waals surface area contributed by atoms with Crippen LogP contribution in [0.5, 0.6) is 0 Å². The molecule has 20 heavy (non-hydrogen) atoms. The van der Waals surface area contributed by atoms with Crippen LogP contribution in [0.25, 0.3) is 0 Å². The van der Waals surface area contributed by atoms with Crippen LogP contribution in [0.1, 0.15) is 48.5 Å². The molecule has 4 nitrogen and oxygen atoms in total. The Bertz CT molecular complexity index is 210. The normalized spacial score (nSPS) is 9.70. The van der Waals surface area contributed by atoms with Crippen molar-refractivity contribution in [1.29, 1.82) is 0 Å². The summed E-state index contributed by atoms with van der Waals surface area (Å²) in [6, 6.07) is 0. The fourth-order valence-electron chi connectivity index (χ4n) is 1.07. The summed E-state index contributed by atoms with van der Waals surface area (Å²) in [5, 5.41) is 14.6. The van der Waals surface area contributed by atoms with Crippen molar-refractivity contribution in [3.63, 3.8) is 0 Å². The molecular weight excluding hydrogens is 276 g/mol. The highest BCUT2D eigenvalue weighted by Gasteiger charge is 1.98. The van der Waals surface area contributed by atoms with Crippen molar-refractivity contribution in [1.82, 2.24) is 10.6 Å². The maximum atomic E-state index is 10.2. The van der Waals surface area contributed by atoms with Crippen molar-refractivity contribution in [3.8, 4) is 0 Å². The van der Waals surface area contributed by atoms with Gasteiger partial charge in [0, 0.05) is 5.57 Å². The number of nitrogens with one attached hydrogen (secondary N) is 2. The van der Waals surface area contributed by atoms with Gasteiger partial charge < -0.3 is 15.7 Å². The Morgan fingerprint density at radius 3 is 1.35 bits per heavy atom. The van der Waals surface area contributed by atoms with Gasteiger partial charge in [0.2, 0.25) is 0 Å². The second-order valence-corrected chi connectivity index (χ2v) is 4.31. The van der Waals surface area contributed by atoms with Crippen LogP contribution in [0.15, 0.2) is 11.6 Å². The van der Waals surface area contributed by atoms with Gasteiger partial charge in [-0.1, -0.05) is 47.6 Å². The zero-order valence-corrected chi connectivity index (χ0v) is 15.1. The summed E-state index contributed by atoms with van der Waals surface area (Å²) in [5.41, 5.74) is 0.421. The van der Waals surface area contributed by atoms with E-state index in [1.165, 1.54) is 0 Å². The van der Waals surface area contributed by atoms with Gasteiger partial charge >= 0.3 is 5.97 Å². The highest BCUT2D eigenvalue weighted by atomic mass is 35.5. The van der Waals surface area contributed by atoms with Gasteiger partial charge in [-0.3, -0.25) is 0 Å². The van der Waals surface area contributed by atoms with Crippen LogP contribution >= 0.6 is 12.4 Å². The fraction of sp³-hybridized carbons (Fsp3) is 0.800. The molecule has 0 aliphatic rings. The van der Waals surface area contributed by atoms with Crippen LogP contribution < -0.4 is 10.6 Å². The maximum Gasteiger partial charge on any atom is 0.330 e. The second kappa shape index (κ2) is 23.5. The summed E-state index contributed by atoms with van der Waals surface area (Å²) in [7, 11) is 0. The second-order valence-electron chi connectivity index (χ2n) is 4.31. The average Bonchev–Trinajstić information content (AvgIpc) is 2.31. The number of hydrogen-bond donors (Lipinski definition) is 3. The largest absolute Gasteiger partial charge is 0.478 e. The molecule has 0 spiro atoms. The van der Waals surface area contributed by atoms with Gasteiger partial charge in [-0.2, -0.15) is 0 Å². The summed E-state index contributed by atoms with van der Waals surface area (Å²) in [4.78, 5) is 10.2. The lowest BCUT2D eigenvalue weighted by Gasteiger charge is -1.95. The van der Waals surface area contributed by atoms with E-state index in [-0.39, 0.29) is 12.4 Å². The first-order valence-corrected chi connectivity index (χ1v) is 7.20. The van der Waals surface area contributed by atoms with Crippen molar-refractivity contribution in [2.45, 2.75) is 48.5 Å². The number of rotatable bonds is 6. The zero-order valence-electron chi connectivity index (χ0n) is 14.2. The Labute approximate surface area is 131 Å². The summed E-state index contributed by atoms with van der Waals surface area (Å²) < 4.78 is 0. The van der Waals surface area contributed by atoms with Crippen LogP contribution in [-0.4, -0.2) is 37.3 Å². The third-order valence-electron chi connectivity index (χ3n) is 1.92. The van der Waals surface area contributed by atoms with E-state index >= 15 is 0 Å². The molecule has 0 bridgehead atoms. The number of allylic oxidation sites excluding steroid dienone is 1. The standard InChI is InChI=1S/C7H12O2.2C4H11N.ClH/c1-5(2)4-6(3)7(8)9;2*1-3-5-4-2;/h4-5H,1-3H3,(H,8,9);2*5H,3-4H2,1-2H3;1H. The molecule has 0 atom stereocenters. The number of carboxylic acid groups (broad SMARTS) is 1. The van der Waals surface area contributed by atoms with E-state index in [0.717, 1.165) is 26.2 Å². The quantitative estimate of drug-likeness (QED) is 0.659. The lowest BCUT2D eigenvalue weighted by Crippen LogP contribution is -2.09. The van der Waals surface area contributed by atoms with E-state index in [2.05, 4.69) is 38.3 Å². The Kier molecular flexibility index (Phi) is 32.6. The van der Waals surface area contributed by atoms with Crippen molar-refractivity contribution < 1.29 is 9.90 Å². The lowest BCUT2D eigenvalue weighted by atomic mass is 10.1. The molecule has 0 saturated heterocycles. The van der Waals surface area contributed by atoms with Crippen LogP contribution in [0.3, 0.4) is 0 Å². The molecule has 0 aliphatic carbocycles. The van der Waals surface area contributed by atoms with Gasteiger partial charge in [0.05, 0.1) is 0 Å². The minimum atomic E-state index is -0.830. The molecule has 0 rings (SSSR count). The van der Waals surface area contributed by atoms with E-state index in [1.807, 2.05) is 13.8 Å². The van der Waals surface area contributed by atoms with Crippen molar-refractivity contribution in [2.24, 2.45) is 5.92 Å². The van der Waals surface area contributed by atoms with E-state index in [0.29, 0.717) is 11.5 Å². The van der Waals surface area contributed by atoms with Crippen molar-refractivity contribution in [3.05, 3.63) is 11.6 Å². The number of hydrogen-bond acceptors (Lipinski definition) is 3. The van der Waals surface area contributed by atoms with Crippen LogP contribution in [0.4, 0.5) is 0 Å². The molecule has 0 fully saturated rings. The number of halogens is 1. The fourth-order valence-corrected chi connectivity index (χ4v) is 1.07. The molecule has 0 radical (unpaired) electrons. The monoisotopic (exact) mass is 310 g/mol. The molecular formula is C15H35ClN2O2. The molecule has 0 heterocycles. The minimum Gasteiger partial charge on any atom is -0.478 e. The average molecular weight is 311 g/mol. The summed E-state index contributed by atoms with van der Waals surface area (Å²) in [5.74, 6) is -0.509. The van der Waals surface area contributed by atoms with E-state index in [1.54, 1.807) is 13.0 Å². The van der Waals surface area contributed by atoms with Crippen LogP contribution in [-0.2, 0) is 4.79 Å². The van der Waals surface area contributed by atoms with Gasteiger partial charge in [-0.05, 0) is 39.0 Å². The molecule has 0 aromatic rings. The Morgan fingerprint density at radius 1 is 1.00 bits per heavy atom. The number of carbonyl (C=O) groups is 1. The molecule has 0 unspecified atom stereocenters. The summed E-state index contributed by atoms with van der Waals surface area (Å²) in [6.07, 6.45) is 1.72.